The second kappa shape index (κ2) is 7.22. The van der Waals surface area contributed by atoms with Gasteiger partial charge in [0.25, 0.3) is 0 Å². The normalized spacial score (nSPS) is 18.1. The number of ketones is 1. The highest BCUT2D eigenvalue weighted by Crippen LogP contribution is 2.41. The van der Waals surface area contributed by atoms with Gasteiger partial charge in [-0.1, -0.05) is 13.0 Å². The SMILES string of the molecule is CCc1ccc(Oc2cc(F)cc(F)n2)cc1C1=C(O)C(C)(C)OC(C)(C)C1=O. The highest BCUT2D eigenvalue weighted by Gasteiger charge is 2.47. The first-order chi connectivity index (χ1) is 13.4. The molecule has 7 heteroatoms. The van der Waals surface area contributed by atoms with Crippen LogP contribution >= 0.6 is 0 Å². The molecule has 0 saturated heterocycles. The quantitative estimate of drug-likeness (QED) is 0.716. The Bertz CT molecular complexity index is 992. The number of hydrogen-bond donors (Lipinski definition) is 1. The van der Waals surface area contributed by atoms with Crippen LogP contribution in [-0.2, 0) is 16.0 Å². The zero-order chi connectivity index (χ0) is 21.6. The van der Waals surface area contributed by atoms with Crippen LogP contribution in [0.1, 0.15) is 45.7 Å². The number of nitrogens with zero attached hydrogens (tertiary/aromatic N) is 1. The molecule has 0 amide bonds. The van der Waals surface area contributed by atoms with Gasteiger partial charge in [0.05, 0.1) is 5.57 Å². The molecule has 2 heterocycles. The number of hydrogen-bond acceptors (Lipinski definition) is 5. The van der Waals surface area contributed by atoms with E-state index < -0.39 is 23.0 Å². The first kappa shape index (κ1) is 20.9. The number of aliphatic hydroxyl groups excluding tert-OH is 1. The van der Waals surface area contributed by atoms with Gasteiger partial charge in [0.15, 0.2) is 5.78 Å². The molecule has 29 heavy (non-hydrogen) atoms. The number of aryl methyl sites for hydroxylation is 1. The molecule has 1 aromatic heterocycles. The third-order valence-corrected chi connectivity index (χ3v) is 4.78. The van der Waals surface area contributed by atoms with E-state index in [-0.39, 0.29) is 28.7 Å². The molecule has 5 nitrogen and oxygen atoms in total. The number of halogens is 2. The van der Waals surface area contributed by atoms with Gasteiger partial charge in [-0.2, -0.15) is 9.37 Å². The number of carbonyl (C=O) groups excluding carboxylic acids is 1. The summed E-state index contributed by atoms with van der Waals surface area (Å²) in [4.78, 5) is 16.6. The zero-order valence-electron chi connectivity index (χ0n) is 17.0. The molecule has 1 N–H and O–H groups in total. The molecule has 0 fully saturated rings. The lowest BCUT2D eigenvalue weighted by atomic mass is 9.81. The molecule has 2 aromatic rings. The fourth-order valence-corrected chi connectivity index (χ4v) is 3.47. The monoisotopic (exact) mass is 403 g/mol. The Balaban J connectivity index is 2.13. The Morgan fingerprint density at radius 1 is 1.10 bits per heavy atom. The average molecular weight is 403 g/mol. The minimum Gasteiger partial charge on any atom is -0.508 e. The molecule has 154 valence electrons. The average Bonchev–Trinajstić information content (AvgIpc) is 2.59. The van der Waals surface area contributed by atoms with Crippen LogP contribution in [0.2, 0.25) is 0 Å². The van der Waals surface area contributed by atoms with Crippen LogP contribution < -0.4 is 4.74 Å². The maximum absolute atomic E-state index is 13.4. The van der Waals surface area contributed by atoms with E-state index in [4.69, 9.17) is 9.47 Å². The number of carbonyl (C=O) groups is 1. The van der Waals surface area contributed by atoms with Gasteiger partial charge in [0.1, 0.15) is 28.5 Å². The summed E-state index contributed by atoms with van der Waals surface area (Å²) < 4.78 is 38.1. The van der Waals surface area contributed by atoms with Gasteiger partial charge in [-0.15, -0.1) is 0 Å². The van der Waals surface area contributed by atoms with Gasteiger partial charge in [-0.3, -0.25) is 4.79 Å². The van der Waals surface area contributed by atoms with Crippen molar-refractivity contribution in [1.82, 2.24) is 4.98 Å². The highest BCUT2D eigenvalue weighted by molar-refractivity contribution is 6.26. The molecule has 3 rings (SSSR count). The largest absolute Gasteiger partial charge is 0.508 e. The molecule has 1 aliphatic heterocycles. The van der Waals surface area contributed by atoms with Gasteiger partial charge < -0.3 is 14.6 Å². The summed E-state index contributed by atoms with van der Waals surface area (Å²) in [5, 5.41) is 10.8. The number of pyridine rings is 1. The van der Waals surface area contributed by atoms with Crippen LogP contribution in [0, 0.1) is 11.8 Å². The molecule has 1 aromatic carbocycles. The fourth-order valence-electron chi connectivity index (χ4n) is 3.47. The Kier molecular flexibility index (Phi) is 5.21. The highest BCUT2D eigenvalue weighted by atomic mass is 19.1. The van der Waals surface area contributed by atoms with Crippen molar-refractivity contribution in [2.24, 2.45) is 0 Å². The summed E-state index contributed by atoms with van der Waals surface area (Å²) in [7, 11) is 0. The predicted octanol–water partition coefficient (Wildman–Crippen LogP) is 5.14. The third kappa shape index (κ3) is 4.00. The van der Waals surface area contributed by atoms with Crippen molar-refractivity contribution in [3.05, 3.63) is 59.0 Å². The lowest BCUT2D eigenvalue weighted by Gasteiger charge is -2.40. The van der Waals surface area contributed by atoms with Crippen LogP contribution in [0.25, 0.3) is 5.57 Å². The van der Waals surface area contributed by atoms with Gasteiger partial charge in [-0.05, 0) is 57.4 Å². The Morgan fingerprint density at radius 2 is 1.79 bits per heavy atom. The second-order valence-corrected chi connectivity index (χ2v) is 7.90. The minimum absolute atomic E-state index is 0.145. The summed E-state index contributed by atoms with van der Waals surface area (Å²) >= 11 is 0. The van der Waals surface area contributed by atoms with E-state index >= 15 is 0 Å². The Hall–Kier alpha value is -2.80. The second-order valence-electron chi connectivity index (χ2n) is 7.90. The first-order valence-electron chi connectivity index (χ1n) is 9.27. The fraction of sp³-hybridized carbons (Fsp3) is 0.364. The van der Waals surface area contributed by atoms with Gasteiger partial charge in [0.2, 0.25) is 11.8 Å². The maximum Gasteiger partial charge on any atom is 0.224 e. The van der Waals surface area contributed by atoms with Crippen molar-refractivity contribution in [3.8, 4) is 11.6 Å². The van der Waals surface area contributed by atoms with Crippen molar-refractivity contribution < 1.29 is 28.2 Å². The predicted molar refractivity (Wildman–Crippen MR) is 104 cm³/mol. The van der Waals surface area contributed by atoms with Crippen LogP contribution in [0.5, 0.6) is 11.6 Å². The molecule has 0 saturated carbocycles. The van der Waals surface area contributed by atoms with Crippen LogP contribution in [0.3, 0.4) is 0 Å². The Morgan fingerprint density at radius 3 is 2.41 bits per heavy atom. The van der Waals surface area contributed by atoms with Crippen molar-refractivity contribution in [2.45, 2.75) is 52.2 Å². The summed E-state index contributed by atoms with van der Waals surface area (Å²) in [6.45, 7) is 8.58. The lowest BCUT2D eigenvalue weighted by molar-refractivity contribution is -0.158. The van der Waals surface area contributed by atoms with E-state index in [1.807, 2.05) is 6.92 Å². The molecule has 0 radical (unpaired) electrons. The number of rotatable bonds is 4. The summed E-state index contributed by atoms with van der Waals surface area (Å²) in [5.41, 5.74) is -0.776. The van der Waals surface area contributed by atoms with Crippen LogP contribution in [0.15, 0.2) is 36.1 Å². The van der Waals surface area contributed by atoms with E-state index in [9.17, 15) is 18.7 Å². The van der Waals surface area contributed by atoms with Crippen molar-refractivity contribution >= 4 is 11.4 Å². The molecule has 0 atom stereocenters. The summed E-state index contributed by atoms with van der Waals surface area (Å²) in [6.07, 6.45) is 0.591. The zero-order valence-corrected chi connectivity index (χ0v) is 17.0. The van der Waals surface area contributed by atoms with E-state index in [0.717, 1.165) is 11.6 Å². The molecular formula is C22H23F2NO4. The van der Waals surface area contributed by atoms with Crippen LogP contribution in [-0.4, -0.2) is 27.1 Å². The summed E-state index contributed by atoms with van der Waals surface area (Å²) in [5.74, 6) is -2.39. The summed E-state index contributed by atoms with van der Waals surface area (Å²) in [6, 6.07) is 6.52. The maximum atomic E-state index is 13.4. The van der Waals surface area contributed by atoms with Gasteiger partial charge in [-0.25, -0.2) is 4.39 Å². The number of benzene rings is 1. The number of aromatic nitrogens is 1. The van der Waals surface area contributed by atoms with Gasteiger partial charge >= 0.3 is 0 Å². The molecule has 0 spiro atoms. The number of aliphatic hydroxyl groups is 1. The molecule has 1 aliphatic rings. The van der Waals surface area contributed by atoms with Crippen molar-refractivity contribution in [2.75, 3.05) is 0 Å². The molecule has 0 bridgehead atoms. The van der Waals surface area contributed by atoms with E-state index in [0.29, 0.717) is 18.1 Å². The van der Waals surface area contributed by atoms with Crippen LogP contribution in [0.4, 0.5) is 8.78 Å². The molecule has 0 aliphatic carbocycles. The van der Waals surface area contributed by atoms with E-state index in [1.54, 1.807) is 45.9 Å². The smallest absolute Gasteiger partial charge is 0.224 e. The molecule has 0 unspecified atom stereocenters. The number of ether oxygens (including phenoxy) is 2. The van der Waals surface area contributed by atoms with Crippen molar-refractivity contribution in [1.29, 1.82) is 0 Å². The standard InChI is InChI=1S/C22H23F2NO4/c1-6-12-7-8-14(28-17-10-13(23)9-16(24)25-17)11-15(12)18-19(26)21(2,3)29-22(4,5)20(18)27/h7-11,26H,6H2,1-5H3. The first-order valence-corrected chi connectivity index (χ1v) is 9.27. The van der Waals surface area contributed by atoms with E-state index in [2.05, 4.69) is 4.98 Å². The number of Topliss-reactive ketones (excluding diaryl/α,β-unsaturated/α-hetero) is 1. The molecular weight excluding hydrogens is 380 g/mol. The topological polar surface area (TPSA) is 68.7 Å². The Labute approximate surface area is 168 Å². The third-order valence-electron chi connectivity index (χ3n) is 4.78. The van der Waals surface area contributed by atoms with Gasteiger partial charge in [0, 0.05) is 12.1 Å². The minimum atomic E-state index is -1.14. The van der Waals surface area contributed by atoms with E-state index in [1.165, 1.54) is 0 Å². The lowest BCUT2D eigenvalue weighted by Crippen LogP contribution is -2.49. The van der Waals surface area contributed by atoms with Crippen molar-refractivity contribution in [3.63, 3.8) is 0 Å².